The van der Waals surface area contributed by atoms with Crippen LogP contribution in [0.4, 0.5) is 18.9 Å². The van der Waals surface area contributed by atoms with Crippen molar-refractivity contribution in [2.45, 2.75) is 13.1 Å². The molecule has 10 heteroatoms. The molecule has 7 nitrogen and oxygen atoms in total. The van der Waals surface area contributed by atoms with E-state index in [1.165, 1.54) is 53.1 Å². The Kier molecular flexibility index (Phi) is 5.28. The van der Waals surface area contributed by atoms with Crippen LogP contribution in [0, 0.1) is 17.0 Å². The molecule has 0 aliphatic heterocycles. The molecule has 168 valence electrons. The van der Waals surface area contributed by atoms with Crippen molar-refractivity contribution >= 4 is 22.6 Å². The highest BCUT2D eigenvalue weighted by Crippen LogP contribution is 2.34. The van der Waals surface area contributed by atoms with Crippen molar-refractivity contribution in [2.24, 2.45) is 0 Å². The lowest BCUT2D eigenvalue weighted by Gasteiger charge is -2.11. The van der Waals surface area contributed by atoms with Crippen LogP contribution in [0.3, 0.4) is 0 Å². The largest absolute Gasteiger partial charge is 0.477 e. The van der Waals surface area contributed by atoms with E-state index >= 15 is 0 Å². The van der Waals surface area contributed by atoms with Crippen LogP contribution in [0.5, 0.6) is 11.5 Å². The van der Waals surface area contributed by atoms with Gasteiger partial charge in [-0.2, -0.15) is 13.2 Å². The maximum Gasteiger partial charge on any atom is 0.416 e. The highest BCUT2D eigenvalue weighted by Gasteiger charge is 2.30. The van der Waals surface area contributed by atoms with Crippen molar-refractivity contribution in [1.29, 1.82) is 0 Å². The first-order chi connectivity index (χ1) is 15.5. The number of aromatic nitrogens is 1. The van der Waals surface area contributed by atoms with Gasteiger partial charge in [-0.3, -0.25) is 10.1 Å². The highest BCUT2D eigenvalue weighted by molar-refractivity contribution is 5.96. The third kappa shape index (κ3) is 4.22. The molecule has 0 amide bonds. The summed E-state index contributed by atoms with van der Waals surface area (Å²) in [4.78, 5) is 22.6. The summed E-state index contributed by atoms with van der Waals surface area (Å²) in [7, 11) is 0. The molecule has 0 saturated carbocycles. The number of alkyl halides is 3. The van der Waals surface area contributed by atoms with Gasteiger partial charge in [-0.15, -0.1) is 0 Å². The average molecular weight is 456 g/mol. The van der Waals surface area contributed by atoms with E-state index in [2.05, 4.69) is 0 Å². The Morgan fingerprint density at radius 2 is 1.76 bits per heavy atom. The normalized spacial score (nSPS) is 11.5. The van der Waals surface area contributed by atoms with Crippen molar-refractivity contribution in [1.82, 2.24) is 4.57 Å². The zero-order valence-electron chi connectivity index (χ0n) is 17.0. The molecule has 1 aromatic heterocycles. The van der Waals surface area contributed by atoms with E-state index in [9.17, 15) is 33.2 Å². The number of aryl methyl sites for hydroxylation is 1. The minimum Gasteiger partial charge on any atom is -0.477 e. The van der Waals surface area contributed by atoms with E-state index in [-0.39, 0.29) is 28.6 Å². The first kappa shape index (κ1) is 21.9. The summed E-state index contributed by atoms with van der Waals surface area (Å²) >= 11 is 0. The van der Waals surface area contributed by atoms with Crippen molar-refractivity contribution in [3.8, 4) is 17.2 Å². The van der Waals surface area contributed by atoms with E-state index < -0.39 is 22.6 Å². The predicted octanol–water partition coefficient (Wildman–Crippen LogP) is 6.36. The van der Waals surface area contributed by atoms with Gasteiger partial charge in [0.05, 0.1) is 21.7 Å². The third-order valence-corrected chi connectivity index (χ3v) is 5.04. The van der Waals surface area contributed by atoms with E-state index in [1.807, 2.05) is 0 Å². The van der Waals surface area contributed by atoms with E-state index in [4.69, 9.17) is 4.74 Å². The fourth-order valence-electron chi connectivity index (χ4n) is 3.50. The molecule has 1 N–H and O–H groups in total. The number of ether oxygens (including phenoxy) is 1. The Bertz CT molecular complexity index is 1410. The molecule has 0 spiro atoms. The van der Waals surface area contributed by atoms with Crippen LogP contribution >= 0.6 is 0 Å². The highest BCUT2D eigenvalue weighted by atomic mass is 19.4. The number of nitrogens with zero attached hydrogens (tertiary/aromatic N) is 2. The smallest absolute Gasteiger partial charge is 0.416 e. The van der Waals surface area contributed by atoms with Crippen LogP contribution in [0.1, 0.15) is 21.6 Å². The van der Waals surface area contributed by atoms with Gasteiger partial charge in [-0.25, -0.2) is 4.79 Å². The summed E-state index contributed by atoms with van der Waals surface area (Å²) in [6, 6.07) is 14.6. The number of halogens is 3. The number of benzene rings is 3. The molecule has 0 unspecified atom stereocenters. The van der Waals surface area contributed by atoms with Crippen molar-refractivity contribution in [2.75, 3.05) is 0 Å². The van der Waals surface area contributed by atoms with Crippen LogP contribution in [0.15, 0.2) is 66.7 Å². The summed E-state index contributed by atoms with van der Waals surface area (Å²) < 4.78 is 45.8. The number of nitro benzene ring substituents is 1. The van der Waals surface area contributed by atoms with Gasteiger partial charge in [0.2, 0.25) is 0 Å². The fourth-order valence-corrected chi connectivity index (χ4v) is 3.50. The molecule has 1 heterocycles. The molecule has 0 fully saturated rings. The Balaban J connectivity index is 1.79. The maximum atomic E-state index is 12.9. The maximum absolute atomic E-state index is 12.9. The second-order valence-corrected chi connectivity index (χ2v) is 7.25. The molecule has 0 saturated heterocycles. The quantitative estimate of drug-likeness (QED) is 0.279. The standard InChI is InChI=1S/C23H15F3N2O5/c1-13-5-6-16(12-20(13)28(31)32)27-19-8-7-18(9-14(19)10-21(27)22(29)30)33-17-4-2-3-15(11-17)23(24,25)26/h2-12H,1H3,(H,29,30). The van der Waals surface area contributed by atoms with Gasteiger partial charge in [-0.05, 0) is 55.5 Å². The Morgan fingerprint density at radius 1 is 1.03 bits per heavy atom. The second-order valence-electron chi connectivity index (χ2n) is 7.25. The topological polar surface area (TPSA) is 94.6 Å². The zero-order valence-corrected chi connectivity index (χ0v) is 17.0. The zero-order chi connectivity index (χ0) is 23.9. The number of carboxylic acid groups (broad SMARTS) is 1. The Labute approximate surface area is 184 Å². The minimum absolute atomic E-state index is 0.0313. The minimum atomic E-state index is -4.52. The predicted molar refractivity (Wildman–Crippen MR) is 113 cm³/mol. The van der Waals surface area contributed by atoms with E-state index in [0.29, 0.717) is 16.5 Å². The van der Waals surface area contributed by atoms with E-state index in [1.54, 1.807) is 13.0 Å². The van der Waals surface area contributed by atoms with Crippen LogP contribution < -0.4 is 4.74 Å². The van der Waals surface area contributed by atoms with Crippen LogP contribution in [0.25, 0.3) is 16.6 Å². The van der Waals surface area contributed by atoms with Crippen molar-refractivity contribution in [3.63, 3.8) is 0 Å². The van der Waals surface area contributed by atoms with Crippen LogP contribution in [0.2, 0.25) is 0 Å². The van der Waals surface area contributed by atoms with Gasteiger partial charge < -0.3 is 14.4 Å². The summed E-state index contributed by atoms with van der Waals surface area (Å²) in [6.07, 6.45) is -4.52. The molecule has 0 radical (unpaired) electrons. The number of carboxylic acids is 1. The van der Waals surface area contributed by atoms with Gasteiger partial charge in [0.25, 0.3) is 5.69 Å². The first-order valence-corrected chi connectivity index (χ1v) is 9.54. The number of nitro groups is 1. The molecular formula is C23H15F3N2O5. The first-order valence-electron chi connectivity index (χ1n) is 9.54. The van der Waals surface area contributed by atoms with Gasteiger partial charge in [-0.1, -0.05) is 12.1 Å². The number of carbonyl (C=O) groups is 1. The van der Waals surface area contributed by atoms with Gasteiger partial charge >= 0.3 is 12.1 Å². The van der Waals surface area contributed by atoms with Gasteiger partial charge in [0.1, 0.15) is 17.2 Å². The monoisotopic (exact) mass is 456 g/mol. The molecule has 4 rings (SSSR count). The van der Waals surface area contributed by atoms with Crippen molar-refractivity contribution < 1.29 is 32.7 Å². The second kappa shape index (κ2) is 7.97. The van der Waals surface area contributed by atoms with Crippen LogP contribution in [-0.2, 0) is 6.18 Å². The third-order valence-electron chi connectivity index (χ3n) is 5.04. The number of hydrogen-bond acceptors (Lipinski definition) is 4. The SMILES string of the molecule is Cc1ccc(-n2c(C(=O)O)cc3cc(Oc4cccc(C(F)(F)F)c4)ccc32)cc1[N+](=O)[O-]. The summed E-state index contributed by atoms with van der Waals surface area (Å²) in [5, 5.41) is 21.4. The fraction of sp³-hybridized carbons (Fsp3) is 0.0870. The molecule has 4 aromatic rings. The molecule has 3 aromatic carbocycles. The summed E-state index contributed by atoms with van der Waals surface area (Å²) in [5.74, 6) is -1.09. The lowest BCUT2D eigenvalue weighted by atomic mass is 10.1. The Morgan fingerprint density at radius 3 is 2.42 bits per heavy atom. The van der Waals surface area contributed by atoms with E-state index in [0.717, 1.165) is 12.1 Å². The summed E-state index contributed by atoms with van der Waals surface area (Å²) in [6.45, 7) is 1.57. The molecule has 0 aliphatic carbocycles. The molecule has 0 aliphatic rings. The number of fused-ring (bicyclic) bond motifs is 1. The molecule has 0 atom stereocenters. The van der Waals surface area contributed by atoms with Gasteiger partial charge in [0, 0.05) is 17.0 Å². The average Bonchev–Trinajstić information content (AvgIpc) is 3.13. The molecule has 33 heavy (non-hydrogen) atoms. The lowest BCUT2D eigenvalue weighted by molar-refractivity contribution is -0.385. The number of rotatable bonds is 5. The number of hydrogen-bond donors (Lipinski definition) is 1. The number of aromatic carboxylic acids is 1. The molecular weight excluding hydrogens is 441 g/mol. The van der Waals surface area contributed by atoms with Gasteiger partial charge in [0.15, 0.2) is 0 Å². The van der Waals surface area contributed by atoms with Crippen molar-refractivity contribution in [3.05, 3.63) is 93.7 Å². The van der Waals surface area contributed by atoms with Crippen LogP contribution in [-0.4, -0.2) is 20.6 Å². The summed E-state index contributed by atoms with van der Waals surface area (Å²) in [5.41, 5.74) is -0.0158. The molecule has 0 bridgehead atoms. The Hall–Kier alpha value is -4.34. The lowest BCUT2D eigenvalue weighted by Crippen LogP contribution is -2.07.